The smallest absolute Gasteiger partial charge is 0.244 e. The van der Waals surface area contributed by atoms with E-state index < -0.39 is 5.25 Å². The van der Waals surface area contributed by atoms with E-state index in [9.17, 15) is 9.90 Å². The number of aromatic hydroxyl groups is 1. The van der Waals surface area contributed by atoms with Crippen molar-refractivity contribution in [1.29, 1.82) is 0 Å². The number of fused-ring (bicyclic) bond motifs is 2. The quantitative estimate of drug-likeness (QED) is 0.323. The van der Waals surface area contributed by atoms with Crippen LogP contribution in [0.25, 0.3) is 0 Å². The number of ether oxygens (including phenoxy) is 4. The molecule has 0 radical (unpaired) electrons. The van der Waals surface area contributed by atoms with Crippen LogP contribution in [0.3, 0.4) is 0 Å². The molecule has 2 aliphatic rings. The summed E-state index contributed by atoms with van der Waals surface area (Å²) in [6.07, 6.45) is 0.763. The highest BCUT2D eigenvalue weighted by atomic mass is 32.2. The second-order valence-corrected chi connectivity index (χ2v) is 10.4. The summed E-state index contributed by atoms with van der Waals surface area (Å²) in [6.45, 7) is 3.99. The molecule has 0 saturated heterocycles. The van der Waals surface area contributed by atoms with Crippen molar-refractivity contribution in [2.24, 2.45) is 5.73 Å². The largest absolute Gasteiger partial charge is 0.508 e. The van der Waals surface area contributed by atoms with Gasteiger partial charge in [0, 0.05) is 49.8 Å². The average molecular weight is 552 g/mol. The first-order valence-electron chi connectivity index (χ1n) is 13.0. The van der Waals surface area contributed by atoms with Gasteiger partial charge in [-0.15, -0.1) is 11.8 Å². The zero-order valence-electron chi connectivity index (χ0n) is 21.9. The molecule has 0 aromatic heterocycles. The molecule has 5 rings (SSSR count). The molecule has 1 amide bonds. The van der Waals surface area contributed by atoms with Crippen molar-refractivity contribution in [3.63, 3.8) is 0 Å². The van der Waals surface area contributed by atoms with Gasteiger partial charge in [-0.25, -0.2) is 0 Å². The molecular formula is C29H33N3O6S. The predicted molar refractivity (Wildman–Crippen MR) is 150 cm³/mol. The van der Waals surface area contributed by atoms with E-state index in [1.807, 2.05) is 42.5 Å². The number of phenols is 1. The maximum atomic E-state index is 13.2. The number of amides is 1. The van der Waals surface area contributed by atoms with Crippen LogP contribution >= 0.6 is 11.8 Å². The highest BCUT2D eigenvalue weighted by Crippen LogP contribution is 2.48. The lowest BCUT2D eigenvalue weighted by Gasteiger charge is -2.31. The Hall–Kier alpha value is -3.60. The molecule has 2 aliphatic heterocycles. The minimum absolute atomic E-state index is 0.0502. The minimum Gasteiger partial charge on any atom is -0.508 e. The van der Waals surface area contributed by atoms with Crippen molar-refractivity contribution in [3.05, 3.63) is 66.2 Å². The lowest BCUT2D eigenvalue weighted by Crippen LogP contribution is -2.34. The van der Waals surface area contributed by atoms with Crippen LogP contribution in [0, 0.1) is 0 Å². The molecule has 0 fully saturated rings. The monoisotopic (exact) mass is 551 g/mol. The maximum Gasteiger partial charge on any atom is 0.244 e. The Balaban J connectivity index is 1.15. The topological polar surface area (TPSA) is 107 Å². The van der Waals surface area contributed by atoms with Crippen molar-refractivity contribution in [3.8, 4) is 28.7 Å². The molecule has 1 atom stereocenters. The number of anilines is 1. The van der Waals surface area contributed by atoms with E-state index in [-0.39, 0.29) is 18.4 Å². The second-order valence-electron chi connectivity index (χ2n) is 9.28. The van der Waals surface area contributed by atoms with Crippen LogP contribution in [-0.4, -0.2) is 69.1 Å². The van der Waals surface area contributed by atoms with Crippen LogP contribution in [0.4, 0.5) is 5.69 Å². The summed E-state index contributed by atoms with van der Waals surface area (Å²) in [5, 5.41) is 9.69. The van der Waals surface area contributed by atoms with Gasteiger partial charge in [0.2, 0.25) is 12.7 Å². The first kappa shape index (κ1) is 27.0. The molecule has 3 aromatic rings. The SMILES string of the molecule is CN1C(=O)C(c2cc(O)ccc2OCCCN(CCN)CCOc2ccc3c(c2)OCO3)Sc2ccccc21. The zero-order valence-corrected chi connectivity index (χ0v) is 22.7. The Kier molecular flexibility index (Phi) is 8.65. The summed E-state index contributed by atoms with van der Waals surface area (Å²) >= 11 is 1.48. The fraction of sp³-hybridized carbons (Fsp3) is 0.345. The van der Waals surface area contributed by atoms with E-state index in [2.05, 4.69) is 4.90 Å². The van der Waals surface area contributed by atoms with E-state index in [1.54, 1.807) is 30.1 Å². The van der Waals surface area contributed by atoms with E-state index in [0.29, 0.717) is 36.8 Å². The van der Waals surface area contributed by atoms with Crippen molar-refractivity contribution in [2.75, 3.05) is 58.1 Å². The second kappa shape index (κ2) is 12.5. The van der Waals surface area contributed by atoms with Gasteiger partial charge in [0.05, 0.1) is 12.3 Å². The molecule has 39 heavy (non-hydrogen) atoms. The highest BCUT2D eigenvalue weighted by molar-refractivity contribution is 8.00. The maximum absolute atomic E-state index is 13.2. The molecule has 0 aliphatic carbocycles. The summed E-state index contributed by atoms with van der Waals surface area (Å²) in [5.74, 6) is 2.81. The minimum atomic E-state index is -0.505. The Labute approximate surface area is 232 Å². The number of likely N-dealkylation sites (N-methyl/N-ethyl adjacent to an activating group) is 1. The number of rotatable bonds is 12. The van der Waals surface area contributed by atoms with Gasteiger partial charge in [-0.1, -0.05) is 12.1 Å². The van der Waals surface area contributed by atoms with Crippen LogP contribution in [0.5, 0.6) is 28.7 Å². The summed E-state index contributed by atoms with van der Waals surface area (Å²) in [7, 11) is 1.78. The molecule has 10 heteroatoms. The molecule has 206 valence electrons. The van der Waals surface area contributed by atoms with Crippen LogP contribution in [0.1, 0.15) is 17.2 Å². The van der Waals surface area contributed by atoms with Gasteiger partial charge in [-0.2, -0.15) is 0 Å². The fourth-order valence-electron chi connectivity index (χ4n) is 4.62. The number of nitrogens with two attached hydrogens (primary N) is 1. The summed E-state index contributed by atoms with van der Waals surface area (Å²) in [6, 6.07) is 18.3. The van der Waals surface area contributed by atoms with Crippen LogP contribution in [0.15, 0.2) is 65.6 Å². The fourth-order valence-corrected chi connectivity index (χ4v) is 5.93. The Morgan fingerprint density at radius 1 is 1.03 bits per heavy atom. The predicted octanol–water partition coefficient (Wildman–Crippen LogP) is 4.04. The van der Waals surface area contributed by atoms with Gasteiger partial charge < -0.3 is 34.7 Å². The third-order valence-electron chi connectivity index (χ3n) is 6.64. The van der Waals surface area contributed by atoms with Gasteiger partial charge in [0.15, 0.2) is 11.5 Å². The number of carbonyl (C=O) groups is 1. The molecule has 0 bridgehead atoms. The molecule has 1 unspecified atom stereocenters. The van der Waals surface area contributed by atoms with Gasteiger partial charge in [-0.05, 0) is 48.9 Å². The normalized spacial score (nSPS) is 15.9. The van der Waals surface area contributed by atoms with Crippen molar-refractivity contribution in [1.82, 2.24) is 4.90 Å². The number of phenolic OH excluding ortho intramolecular Hbond substituents is 1. The van der Waals surface area contributed by atoms with Crippen LogP contribution < -0.4 is 29.6 Å². The Bertz CT molecular complexity index is 1310. The molecule has 3 N–H and O–H groups in total. The van der Waals surface area contributed by atoms with E-state index in [1.165, 1.54) is 11.8 Å². The molecule has 9 nitrogen and oxygen atoms in total. The van der Waals surface area contributed by atoms with E-state index >= 15 is 0 Å². The zero-order chi connectivity index (χ0) is 27.2. The first-order valence-corrected chi connectivity index (χ1v) is 13.9. The third-order valence-corrected chi connectivity index (χ3v) is 7.93. The number of nitrogens with zero attached hydrogens (tertiary/aromatic N) is 2. The third kappa shape index (κ3) is 6.35. The van der Waals surface area contributed by atoms with Crippen LogP contribution in [-0.2, 0) is 4.79 Å². The Morgan fingerprint density at radius 3 is 2.74 bits per heavy atom. The van der Waals surface area contributed by atoms with Gasteiger partial charge in [0.25, 0.3) is 0 Å². The number of carbonyl (C=O) groups excluding carboxylic acids is 1. The number of para-hydroxylation sites is 1. The first-order chi connectivity index (χ1) is 19.0. The summed E-state index contributed by atoms with van der Waals surface area (Å²) in [4.78, 5) is 18.1. The number of benzene rings is 3. The van der Waals surface area contributed by atoms with Crippen molar-refractivity contribution >= 4 is 23.4 Å². The summed E-state index contributed by atoms with van der Waals surface area (Å²) < 4.78 is 22.8. The Morgan fingerprint density at radius 2 is 1.87 bits per heavy atom. The molecule has 0 saturated carbocycles. The summed E-state index contributed by atoms with van der Waals surface area (Å²) in [5.41, 5.74) is 7.39. The van der Waals surface area contributed by atoms with Crippen molar-refractivity contribution < 1.29 is 28.8 Å². The number of hydrogen-bond acceptors (Lipinski definition) is 9. The molecule has 0 spiro atoms. The highest BCUT2D eigenvalue weighted by Gasteiger charge is 2.34. The molecule has 3 aromatic carbocycles. The average Bonchev–Trinajstić information content (AvgIpc) is 3.42. The van der Waals surface area contributed by atoms with E-state index in [0.717, 1.165) is 48.1 Å². The number of hydrogen-bond donors (Lipinski definition) is 2. The lowest BCUT2D eigenvalue weighted by atomic mass is 10.1. The van der Waals surface area contributed by atoms with E-state index in [4.69, 9.17) is 24.7 Å². The van der Waals surface area contributed by atoms with Gasteiger partial charge >= 0.3 is 0 Å². The molecule has 2 heterocycles. The van der Waals surface area contributed by atoms with Gasteiger partial charge in [-0.3, -0.25) is 9.69 Å². The van der Waals surface area contributed by atoms with Gasteiger partial charge in [0.1, 0.15) is 29.1 Å². The lowest BCUT2D eigenvalue weighted by molar-refractivity contribution is -0.118. The van der Waals surface area contributed by atoms with Crippen molar-refractivity contribution in [2.45, 2.75) is 16.6 Å². The molecular weight excluding hydrogens is 518 g/mol. The number of thioether (sulfide) groups is 1. The standard InChI is InChI=1S/C29H33N3O6S/c1-31-23-5-2-3-6-27(23)39-28(29(31)34)22-17-20(33)7-9-24(22)36-15-4-12-32(13-11-30)14-16-35-21-8-10-25-26(18-21)38-19-37-25/h2-3,5-10,17-18,28,33H,4,11-16,19,30H2,1H3. The van der Waals surface area contributed by atoms with Crippen LogP contribution in [0.2, 0.25) is 0 Å².